The van der Waals surface area contributed by atoms with Crippen LogP contribution in [0.4, 0.5) is 0 Å². The summed E-state index contributed by atoms with van der Waals surface area (Å²) < 4.78 is 4.71. The zero-order valence-electron chi connectivity index (χ0n) is 6.47. The lowest BCUT2D eigenvalue weighted by molar-refractivity contribution is -0.152. The Bertz CT molecular complexity index is 153. The fraction of sp³-hybridized carbons (Fsp3) is 0.571. The van der Waals surface area contributed by atoms with Gasteiger partial charge in [-0.15, -0.1) is 0 Å². The molecule has 3 nitrogen and oxygen atoms in total. The Morgan fingerprint density at radius 3 is 2.00 bits per heavy atom. The van der Waals surface area contributed by atoms with E-state index in [0.29, 0.717) is 0 Å². The summed E-state index contributed by atoms with van der Waals surface area (Å²) >= 11 is 0. The Balaban J connectivity index is 3.93. The van der Waals surface area contributed by atoms with Gasteiger partial charge in [0.15, 0.2) is 5.76 Å². The number of ether oxygens (including phenoxy) is 1. The maximum Gasteiger partial charge on any atom is 0.373 e. The van der Waals surface area contributed by atoms with Crippen LogP contribution in [-0.4, -0.2) is 16.7 Å². The van der Waals surface area contributed by atoms with E-state index in [9.17, 15) is 4.79 Å². The summed E-state index contributed by atoms with van der Waals surface area (Å²) in [7, 11) is 0. The number of aliphatic hydroxyl groups excluding tert-OH is 1. The fourth-order valence-electron chi connectivity index (χ4n) is 0.337. The minimum Gasteiger partial charge on any atom is -0.502 e. The lowest BCUT2D eigenvalue weighted by Crippen LogP contribution is -2.24. The van der Waals surface area contributed by atoms with Crippen molar-refractivity contribution in [2.45, 2.75) is 26.4 Å². The maximum atomic E-state index is 10.6. The molecule has 0 aliphatic heterocycles. The van der Waals surface area contributed by atoms with Crippen molar-refractivity contribution in [3.8, 4) is 0 Å². The Labute approximate surface area is 60.3 Å². The van der Waals surface area contributed by atoms with Gasteiger partial charge in [0.05, 0.1) is 0 Å². The number of rotatable bonds is 1. The quantitative estimate of drug-likeness (QED) is 0.344. The highest BCUT2D eigenvalue weighted by Gasteiger charge is 2.17. The van der Waals surface area contributed by atoms with Crippen molar-refractivity contribution in [2.24, 2.45) is 0 Å². The Morgan fingerprint density at radius 1 is 1.50 bits per heavy atom. The molecule has 0 saturated heterocycles. The molecule has 1 N–H and O–H groups in total. The predicted octanol–water partition coefficient (Wildman–Crippen LogP) is 1.40. The molecule has 58 valence electrons. The summed E-state index contributed by atoms with van der Waals surface area (Å²) in [5, 5.41) is 8.52. The van der Waals surface area contributed by atoms with Gasteiger partial charge in [-0.05, 0) is 27.4 Å². The third-order valence-electron chi connectivity index (χ3n) is 0.635. The van der Waals surface area contributed by atoms with E-state index >= 15 is 0 Å². The van der Waals surface area contributed by atoms with Crippen molar-refractivity contribution in [3.63, 3.8) is 0 Å². The van der Waals surface area contributed by atoms with Gasteiger partial charge >= 0.3 is 5.97 Å². The third-order valence-corrected chi connectivity index (χ3v) is 0.635. The number of aliphatic hydroxyl groups is 1. The second-order valence-electron chi connectivity index (χ2n) is 2.95. The highest BCUT2D eigenvalue weighted by atomic mass is 16.6. The standard InChI is InChI=1S/C7H12O3/c1-5(8)6(9)10-7(2,3)4/h8H,1H2,2-4H3. The largest absolute Gasteiger partial charge is 0.502 e. The van der Waals surface area contributed by atoms with E-state index in [0.717, 1.165) is 0 Å². The van der Waals surface area contributed by atoms with Crippen LogP contribution < -0.4 is 0 Å². The minimum absolute atomic E-state index is 0.560. The average Bonchev–Trinajstić information content (AvgIpc) is 1.60. The molecule has 0 aromatic rings. The molecule has 0 unspecified atom stereocenters. The third kappa shape index (κ3) is 3.95. The molecule has 0 rings (SSSR count). The van der Waals surface area contributed by atoms with Gasteiger partial charge in [0, 0.05) is 0 Å². The molecular weight excluding hydrogens is 132 g/mol. The highest BCUT2D eigenvalue weighted by Crippen LogP contribution is 2.08. The molecule has 0 atom stereocenters. The Hall–Kier alpha value is -0.990. The molecule has 0 saturated carbocycles. The smallest absolute Gasteiger partial charge is 0.373 e. The highest BCUT2D eigenvalue weighted by molar-refractivity contribution is 5.85. The van der Waals surface area contributed by atoms with Crippen molar-refractivity contribution < 1.29 is 14.6 Å². The summed E-state index contributed by atoms with van der Waals surface area (Å²) in [6.07, 6.45) is 0. The molecule has 0 aliphatic carbocycles. The second kappa shape index (κ2) is 2.73. The summed E-state index contributed by atoms with van der Waals surface area (Å²) in [5.74, 6) is -1.33. The molecule has 3 heteroatoms. The van der Waals surface area contributed by atoms with Crippen LogP contribution in [0.3, 0.4) is 0 Å². The molecule has 0 heterocycles. The van der Waals surface area contributed by atoms with E-state index in [1.165, 1.54) is 0 Å². The van der Waals surface area contributed by atoms with E-state index in [2.05, 4.69) is 6.58 Å². The molecular formula is C7H12O3. The first-order chi connectivity index (χ1) is 4.33. The summed E-state index contributed by atoms with van der Waals surface area (Å²) in [4.78, 5) is 10.6. The minimum atomic E-state index is -0.771. The van der Waals surface area contributed by atoms with E-state index < -0.39 is 17.3 Å². The van der Waals surface area contributed by atoms with Gasteiger partial charge < -0.3 is 9.84 Å². The van der Waals surface area contributed by atoms with Crippen molar-refractivity contribution in [2.75, 3.05) is 0 Å². The normalized spacial score (nSPS) is 10.7. The van der Waals surface area contributed by atoms with Gasteiger partial charge in [-0.3, -0.25) is 0 Å². The van der Waals surface area contributed by atoms with Crippen LogP contribution in [0.5, 0.6) is 0 Å². The topological polar surface area (TPSA) is 46.5 Å². The van der Waals surface area contributed by atoms with Gasteiger partial charge in [-0.2, -0.15) is 0 Å². The van der Waals surface area contributed by atoms with Crippen LogP contribution in [-0.2, 0) is 9.53 Å². The maximum absolute atomic E-state index is 10.6. The van der Waals surface area contributed by atoms with E-state index in [1.54, 1.807) is 20.8 Å². The molecule has 0 radical (unpaired) electrons. The molecule has 0 bridgehead atoms. The van der Waals surface area contributed by atoms with Crippen LogP contribution in [0.15, 0.2) is 12.3 Å². The van der Waals surface area contributed by atoms with Crippen LogP contribution in [0.2, 0.25) is 0 Å². The molecule has 0 amide bonds. The molecule has 0 aromatic carbocycles. The predicted molar refractivity (Wildman–Crippen MR) is 37.6 cm³/mol. The van der Waals surface area contributed by atoms with Crippen molar-refractivity contribution in [1.29, 1.82) is 0 Å². The number of hydrogen-bond acceptors (Lipinski definition) is 3. The Kier molecular flexibility index (Phi) is 2.46. The summed E-state index contributed by atoms with van der Waals surface area (Å²) in [6, 6.07) is 0. The monoisotopic (exact) mass is 144 g/mol. The zero-order valence-corrected chi connectivity index (χ0v) is 6.47. The summed E-state index contributed by atoms with van der Waals surface area (Å²) in [5.41, 5.74) is -0.567. The van der Waals surface area contributed by atoms with Gasteiger partial charge in [-0.25, -0.2) is 4.79 Å². The van der Waals surface area contributed by atoms with Crippen LogP contribution >= 0.6 is 0 Å². The fourth-order valence-corrected chi connectivity index (χ4v) is 0.337. The van der Waals surface area contributed by atoms with E-state index in [-0.39, 0.29) is 0 Å². The van der Waals surface area contributed by atoms with E-state index in [4.69, 9.17) is 9.84 Å². The number of hydrogen-bond donors (Lipinski definition) is 1. The molecule has 0 aliphatic rings. The Morgan fingerprint density at radius 2 is 1.90 bits per heavy atom. The number of carbonyl (C=O) groups is 1. The van der Waals surface area contributed by atoms with Crippen molar-refractivity contribution in [1.82, 2.24) is 0 Å². The summed E-state index contributed by atoms with van der Waals surface area (Å²) in [6.45, 7) is 8.17. The lowest BCUT2D eigenvalue weighted by atomic mass is 10.2. The van der Waals surface area contributed by atoms with Gasteiger partial charge in [0.2, 0.25) is 0 Å². The first-order valence-corrected chi connectivity index (χ1v) is 2.94. The molecule has 0 fully saturated rings. The molecule has 10 heavy (non-hydrogen) atoms. The first-order valence-electron chi connectivity index (χ1n) is 2.94. The molecule has 0 aromatic heterocycles. The molecule has 0 spiro atoms. The zero-order chi connectivity index (χ0) is 8.36. The van der Waals surface area contributed by atoms with E-state index in [1.807, 2.05) is 0 Å². The van der Waals surface area contributed by atoms with Crippen LogP contribution in [0.25, 0.3) is 0 Å². The first kappa shape index (κ1) is 9.01. The SMILES string of the molecule is C=C(O)C(=O)OC(C)(C)C. The van der Waals surface area contributed by atoms with Crippen LogP contribution in [0.1, 0.15) is 20.8 Å². The van der Waals surface area contributed by atoms with Gasteiger partial charge in [0.25, 0.3) is 0 Å². The lowest BCUT2D eigenvalue weighted by Gasteiger charge is -2.18. The van der Waals surface area contributed by atoms with Crippen molar-refractivity contribution >= 4 is 5.97 Å². The average molecular weight is 144 g/mol. The number of carbonyl (C=O) groups excluding carboxylic acids is 1. The van der Waals surface area contributed by atoms with Crippen molar-refractivity contribution in [3.05, 3.63) is 12.3 Å². The number of esters is 1. The van der Waals surface area contributed by atoms with Gasteiger partial charge in [-0.1, -0.05) is 0 Å². The van der Waals surface area contributed by atoms with Gasteiger partial charge in [0.1, 0.15) is 5.60 Å². The van der Waals surface area contributed by atoms with Crippen LogP contribution in [0, 0.1) is 0 Å². The second-order valence-corrected chi connectivity index (χ2v) is 2.95.